The predicted molar refractivity (Wildman–Crippen MR) is 126 cm³/mol. The number of nitrogens with zero attached hydrogens (tertiary/aromatic N) is 1. The molecule has 2 atom stereocenters. The number of carbonyl (C=O) groups is 3. The second kappa shape index (κ2) is 11.1. The number of nitrogens with one attached hydrogen (secondary N) is 2. The minimum atomic E-state index is -1.10. The van der Waals surface area contributed by atoms with E-state index in [-0.39, 0.29) is 18.2 Å². The maximum atomic E-state index is 13.2. The number of pyridine rings is 1. The summed E-state index contributed by atoms with van der Waals surface area (Å²) in [5, 5.41) is 15.4. The summed E-state index contributed by atoms with van der Waals surface area (Å²) in [6, 6.07) is 10.3. The highest BCUT2D eigenvalue weighted by atomic mass is 16.4. The molecule has 0 saturated heterocycles. The summed E-state index contributed by atoms with van der Waals surface area (Å²) in [4.78, 5) is 41.8. The van der Waals surface area contributed by atoms with E-state index in [0.29, 0.717) is 19.3 Å². The smallest absolute Gasteiger partial charge is 0.326 e. The van der Waals surface area contributed by atoms with Crippen LogP contribution in [0.15, 0.2) is 48.8 Å². The molecule has 3 rings (SSSR count). The molecule has 1 unspecified atom stereocenters. The highest BCUT2D eigenvalue weighted by molar-refractivity contribution is 5.94. The Hall–Kier alpha value is -3.22. The zero-order valence-corrected chi connectivity index (χ0v) is 19.3. The third kappa shape index (κ3) is 6.40. The minimum absolute atomic E-state index is 0.153. The average molecular weight is 452 g/mol. The van der Waals surface area contributed by atoms with E-state index >= 15 is 0 Å². The highest BCUT2D eigenvalue weighted by Crippen LogP contribution is 2.30. The van der Waals surface area contributed by atoms with E-state index in [1.807, 2.05) is 50.2 Å². The summed E-state index contributed by atoms with van der Waals surface area (Å²) in [5.74, 6) is -1.43. The molecule has 7 heteroatoms. The molecular formula is C26H33N3O4. The summed E-state index contributed by atoms with van der Waals surface area (Å²) in [6.07, 6.45) is 7.58. The van der Waals surface area contributed by atoms with E-state index in [0.717, 1.165) is 36.0 Å². The van der Waals surface area contributed by atoms with Crippen LogP contribution in [-0.2, 0) is 20.8 Å². The molecule has 1 fully saturated rings. The molecule has 2 amide bonds. The lowest BCUT2D eigenvalue weighted by Gasteiger charge is -2.31. The fourth-order valence-electron chi connectivity index (χ4n) is 4.27. The molecule has 1 saturated carbocycles. The van der Waals surface area contributed by atoms with Crippen LogP contribution in [0.2, 0.25) is 0 Å². The van der Waals surface area contributed by atoms with Crippen LogP contribution in [0.25, 0.3) is 11.1 Å². The summed E-state index contributed by atoms with van der Waals surface area (Å²) in [7, 11) is 0. The zero-order chi connectivity index (χ0) is 23.8. The zero-order valence-electron chi connectivity index (χ0n) is 19.3. The number of amides is 2. The lowest BCUT2D eigenvalue weighted by Crippen LogP contribution is -2.60. The normalized spacial score (nSPS) is 16.5. The van der Waals surface area contributed by atoms with Gasteiger partial charge in [-0.3, -0.25) is 14.6 Å². The van der Waals surface area contributed by atoms with Crippen molar-refractivity contribution in [3.05, 3.63) is 54.4 Å². The topological polar surface area (TPSA) is 108 Å². The summed E-state index contributed by atoms with van der Waals surface area (Å²) >= 11 is 0. The van der Waals surface area contributed by atoms with E-state index in [1.165, 1.54) is 0 Å². The van der Waals surface area contributed by atoms with Crippen LogP contribution in [0.3, 0.4) is 0 Å². The molecule has 0 spiro atoms. The second-order valence-corrected chi connectivity index (χ2v) is 9.06. The Bertz CT molecular complexity index is 953. The maximum Gasteiger partial charge on any atom is 0.326 e. The van der Waals surface area contributed by atoms with Crippen LogP contribution < -0.4 is 10.6 Å². The fraction of sp³-hybridized carbons (Fsp3) is 0.462. The van der Waals surface area contributed by atoms with Gasteiger partial charge in [0.05, 0.1) is 0 Å². The van der Waals surface area contributed by atoms with Gasteiger partial charge in [0.15, 0.2) is 0 Å². The minimum Gasteiger partial charge on any atom is -0.480 e. The van der Waals surface area contributed by atoms with Crippen molar-refractivity contribution in [3.63, 3.8) is 0 Å². The molecule has 1 aliphatic carbocycles. The first-order valence-electron chi connectivity index (χ1n) is 11.7. The first-order chi connectivity index (χ1) is 15.8. The van der Waals surface area contributed by atoms with Gasteiger partial charge in [-0.1, -0.05) is 63.4 Å². The molecule has 33 heavy (non-hydrogen) atoms. The monoisotopic (exact) mass is 451 g/mol. The van der Waals surface area contributed by atoms with Gasteiger partial charge in [0.1, 0.15) is 11.6 Å². The Morgan fingerprint density at radius 2 is 1.79 bits per heavy atom. The number of hydrogen-bond donors (Lipinski definition) is 3. The van der Waals surface area contributed by atoms with Crippen LogP contribution >= 0.6 is 0 Å². The van der Waals surface area contributed by atoms with Gasteiger partial charge < -0.3 is 15.7 Å². The number of hydrogen-bond acceptors (Lipinski definition) is 4. The number of benzene rings is 1. The summed E-state index contributed by atoms with van der Waals surface area (Å²) < 4.78 is 0. The molecule has 3 N–H and O–H groups in total. The molecule has 0 aliphatic heterocycles. The Labute approximate surface area is 195 Å². The predicted octanol–water partition coefficient (Wildman–Crippen LogP) is 3.73. The number of rotatable bonds is 10. The number of carboxylic acid groups (broad SMARTS) is 1. The van der Waals surface area contributed by atoms with Crippen molar-refractivity contribution < 1.29 is 19.5 Å². The van der Waals surface area contributed by atoms with Gasteiger partial charge in [0.25, 0.3) is 0 Å². The second-order valence-electron chi connectivity index (χ2n) is 9.06. The standard InChI is InChI=1S/C26H33N3O4/c1-3-18(2)15-23(30)29-26(12-4-5-13-26)25(33)28-22(24(31)32)16-19-8-10-20(11-9-19)21-7-6-14-27-17-21/h6-11,14,17-18,22H,3-5,12-13,15-16H2,1-2H3,(H,28,33)(H,29,30)(H,31,32)/t18?,22-/m0/s1. The lowest BCUT2D eigenvalue weighted by atomic mass is 9.93. The van der Waals surface area contributed by atoms with Gasteiger partial charge in [0, 0.05) is 25.2 Å². The van der Waals surface area contributed by atoms with E-state index in [2.05, 4.69) is 15.6 Å². The molecular weight excluding hydrogens is 418 g/mol. The van der Waals surface area contributed by atoms with E-state index < -0.39 is 23.5 Å². The van der Waals surface area contributed by atoms with Gasteiger partial charge in [-0.15, -0.1) is 0 Å². The van der Waals surface area contributed by atoms with Crippen molar-refractivity contribution in [3.8, 4) is 11.1 Å². The quantitative estimate of drug-likeness (QED) is 0.510. The molecule has 1 aromatic carbocycles. The first-order valence-corrected chi connectivity index (χ1v) is 11.7. The van der Waals surface area contributed by atoms with Crippen molar-refractivity contribution in [1.82, 2.24) is 15.6 Å². The van der Waals surface area contributed by atoms with E-state index in [4.69, 9.17) is 0 Å². The van der Waals surface area contributed by atoms with Crippen molar-refractivity contribution in [2.45, 2.75) is 70.4 Å². The summed E-state index contributed by atoms with van der Waals surface area (Å²) in [5.41, 5.74) is 1.74. The van der Waals surface area contributed by atoms with Gasteiger partial charge in [-0.2, -0.15) is 0 Å². The Balaban J connectivity index is 1.68. The average Bonchev–Trinajstić information content (AvgIpc) is 3.29. The SMILES string of the molecule is CCC(C)CC(=O)NC1(C(=O)N[C@@H](Cc2ccc(-c3cccnc3)cc2)C(=O)O)CCCC1. The molecule has 0 bridgehead atoms. The van der Waals surface area contributed by atoms with Crippen molar-refractivity contribution in [1.29, 1.82) is 0 Å². The van der Waals surface area contributed by atoms with Crippen LogP contribution in [0.5, 0.6) is 0 Å². The largest absolute Gasteiger partial charge is 0.480 e. The van der Waals surface area contributed by atoms with Crippen LogP contribution in [0.4, 0.5) is 0 Å². The molecule has 176 valence electrons. The molecule has 7 nitrogen and oxygen atoms in total. The Kier molecular flexibility index (Phi) is 8.20. The number of carboxylic acids is 1. The summed E-state index contributed by atoms with van der Waals surface area (Å²) in [6.45, 7) is 4.03. The van der Waals surface area contributed by atoms with Crippen LogP contribution in [-0.4, -0.2) is 39.5 Å². The number of aliphatic carboxylic acids is 1. The van der Waals surface area contributed by atoms with E-state index in [9.17, 15) is 19.5 Å². The molecule has 1 heterocycles. The molecule has 1 aromatic heterocycles. The third-order valence-corrected chi connectivity index (χ3v) is 6.49. The Morgan fingerprint density at radius 1 is 1.09 bits per heavy atom. The van der Waals surface area contributed by atoms with Gasteiger partial charge in [0.2, 0.25) is 11.8 Å². The molecule has 0 radical (unpaired) electrons. The lowest BCUT2D eigenvalue weighted by molar-refractivity contribution is -0.143. The molecule has 2 aromatic rings. The van der Waals surface area contributed by atoms with Crippen molar-refractivity contribution >= 4 is 17.8 Å². The van der Waals surface area contributed by atoms with E-state index in [1.54, 1.807) is 12.4 Å². The van der Waals surface area contributed by atoms with Crippen LogP contribution in [0.1, 0.15) is 57.9 Å². The number of aromatic nitrogens is 1. The maximum absolute atomic E-state index is 13.2. The van der Waals surface area contributed by atoms with Gasteiger partial charge in [-0.05, 0) is 41.5 Å². The van der Waals surface area contributed by atoms with Gasteiger partial charge >= 0.3 is 5.97 Å². The molecule has 1 aliphatic rings. The van der Waals surface area contributed by atoms with Crippen LogP contribution in [0, 0.1) is 5.92 Å². The third-order valence-electron chi connectivity index (χ3n) is 6.49. The first kappa shape index (κ1) is 24.4. The number of carbonyl (C=O) groups excluding carboxylic acids is 2. The highest BCUT2D eigenvalue weighted by Gasteiger charge is 2.43. The Morgan fingerprint density at radius 3 is 2.36 bits per heavy atom. The fourth-order valence-corrected chi connectivity index (χ4v) is 4.27. The van der Waals surface area contributed by atoms with Crippen molar-refractivity contribution in [2.24, 2.45) is 5.92 Å². The van der Waals surface area contributed by atoms with Gasteiger partial charge in [-0.25, -0.2) is 4.79 Å². The van der Waals surface area contributed by atoms with Crippen molar-refractivity contribution in [2.75, 3.05) is 0 Å².